The first-order valence-electron chi connectivity index (χ1n) is 9.35. The second kappa shape index (κ2) is 9.33. The van der Waals surface area contributed by atoms with E-state index < -0.39 is 5.97 Å². The molecule has 0 N–H and O–H groups in total. The van der Waals surface area contributed by atoms with E-state index in [4.69, 9.17) is 32.4 Å². The molecule has 0 aliphatic carbocycles. The fraction of sp³-hybridized carbons (Fsp3) is 0.0909. The van der Waals surface area contributed by atoms with Crippen LogP contribution in [-0.2, 0) is 16.1 Å². The van der Waals surface area contributed by atoms with Crippen LogP contribution in [0.5, 0.6) is 0 Å². The zero-order chi connectivity index (χ0) is 22.7. The van der Waals surface area contributed by atoms with Crippen molar-refractivity contribution >= 4 is 35.2 Å². The summed E-state index contributed by atoms with van der Waals surface area (Å²) in [5, 5.41) is 13.0. The number of aromatic nitrogens is 4. The minimum atomic E-state index is -0.624. The summed E-state index contributed by atoms with van der Waals surface area (Å²) in [5.41, 5.74) is 2.42. The van der Waals surface area contributed by atoms with Gasteiger partial charge in [-0.2, -0.15) is 5.10 Å². The molecule has 4 rings (SSSR count). The zero-order valence-corrected chi connectivity index (χ0v) is 18.1. The number of hydrogen-bond donors (Lipinski definition) is 0. The average Bonchev–Trinajstić information content (AvgIpc) is 3.36. The number of rotatable bonds is 6. The highest BCUT2D eigenvalue weighted by Gasteiger charge is 2.14. The van der Waals surface area contributed by atoms with E-state index in [1.54, 1.807) is 43.3 Å². The van der Waals surface area contributed by atoms with Gasteiger partial charge in [-0.15, -0.1) is 10.2 Å². The zero-order valence-electron chi connectivity index (χ0n) is 16.6. The summed E-state index contributed by atoms with van der Waals surface area (Å²) in [6, 6.07) is 12.6. The monoisotopic (exact) mass is 472 g/mol. The Morgan fingerprint density at radius 3 is 2.56 bits per heavy atom. The molecule has 2 aromatic heterocycles. The maximum Gasteiger partial charge on any atom is 0.331 e. The van der Waals surface area contributed by atoms with Crippen LogP contribution >= 0.6 is 23.2 Å². The topological polar surface area (TPSA) is 83.0 Å². The van der Waals surface area contributed by atoms with Gasteiger partial charge in [0.05, 0.1) is 11.4 Å². The molecule has 0 aliphatic rings. The first kappa shape index (κ1) is 21.7. The number of aryl methyl sites for hydroxylation is 1. The third-order valence-electron chi connectivity index (χ3n) is 4.40. The second-order valence-corrected chi connectivity index (χ2v) is 7.42. The second-order valence-electron chi connectivity index (χ2n) is 6.63. The van der Waals surface area contributed by atoms with Crippen molar-refractivity contribution in [2.75, 3.05) is 0 Å². The van der Waals surface area contributed by atoms with Gasteiger partial charge in [-0.1, -0.05) is 23.2 Å². The van der Waals surface area contributed by atoms with E-state index in [2.05, 4.69) is 15.3 Å². The van der Waals surface area contributed by atoms with Crippen LogP contribution in [0, 0.1) is 12.7 Å². The van der Waals surface area contributed by atoms with Crippen molar-refractivity contribution < 1.29 is 18.3 Å². The van der Waals surface area contributed by atoms with Crippen LogP contribution in [0.1, 0.15) is 17.1 Å². The van der Waals surface area contributed by atoms with Gasteiger partial charge in [0.25, 0.3) is 5.89 Å². The normalized spacial score (nSPS) is 11.2. The Kier molecular flexibility index (Phi) is 6.34. The van der Waals surface area contributed by atoms with Gasteiger partial charge in [0.15, 0.2) is 6.61 Å². The molecular weight excluding hydrogens is 458 g/mol. The Bertz CT molecular complexity index is 1280. The lowest BCUT2D eigenvalue weighted by Gasteiger charge is -2.02. The molecule has 0 bridgehead atoms. The van der Waals surface area contributed by atoms with Crippen molar-refractivity contribution in [3.8, 4) is 17.1 Å². The molecular formula is C22H15Cl2FN4O3. The molecule has 0 saturated carbocycles. The molecule has 0 fully saturated rings. The fourth-order valence-corrected chi connectivity index (χ4v) is 3.27. The molecule has 162 valence electrons. The lowest BCUT2D eigenvalue weighted by atomic mass is 10.2. The van der Waals surface area contributed by atoms with Gasteiger partial charge in [0.1, 0.15) is 11.0 Å². The van der Waals surface area contributed by atoms with E-state index in [-0.39, 0.29) is 23.5 Å². The third-order valence-corrected chi connectivity index (χ3v) is 5.02. The molecule has 32 heavy (non-hydrogen) atoms. The van der Waals surface area contributed by atoms with Crippen molar-refractivity contribution in [1.29, 1.82) is 0 Å². The molecule has 0 saturated heterocycles. The van der Waals surface area contributed by atoms with Crippen LogP contribution in [0.3, 0.4) is 0 Å². The van der Waals surface area contributed by atoms with Crippen LogP contribution in [0.4, 0.5) is 4.39 Å². The molecule has 2 heterocycles. The number of benzene rings is 2. The number of esters is 1. The summed E-state index contributed by atoms with van der Waals surface area (Å²) in [5.74, 6) is -0.548. The Balaban J connectivity index is 1.40. The minimum Gasteiger partial charge on any atom is -0.452 e. The molecule has 0 radical (unpaired) electrons. The Morgan fingerprint density at radius 1 is 1.12 bits per heavy atom. The number of hydrogen-bond acceptors (Lipinski definition) is 6. The van der Waals surface area contributed by atoms with Gasteiger partial charge in [0, 0.05) is 22.2 Å². The molecule has 0 aliphatic heterocycles. The number of nitrogens with zero attached hydrogens (tertiary/aromatic N) is 4. The van der Waals surface area contributed by atoms with Gasteiger partial charge >= 0.3 is 5.97 Å². The lowest BCUT2D eigenvalue weighted by molar-refractivity contribution is -0.139. The van der Waals surface area contributed by atoms with E-state index in [0.717, 1.165) is 0 Å². The molecule has 2 aromatic carbocycles. The van der Waals surface area contributed by atoms with Gasteiger partial charge in [-0.05, 0) is 61.5 Å². The molecule has 0 unspecified atom stereocenters. The SMILES string of the molecule is Cc1nn(-c2ccc(F)cc2)c(Cl)c1/C=C/C(=O)OCc1nnc(-c2ccc(Cl)cc2)o1. The van der Waals surface area contributed by atoms with E-state index in [0.29, 0.717) is 33.4 Å². The Hall–Kier alpha value is -3.49. The van der Waals surface area contributed by atoms with Gasteiger partial charge < -0.3 is 9.15 Å². The third kappa shape index (κ3) is 4.87. The highest BCUT2D eigenvalue weighted by atomic mass is 35.5. The van der Waals surface area contributed by atoms with Gasteiger partial charge in [0.2, 0.25) is 5.89 Å². The molecule has 0 amide bonds. The molecule has 0 atom stereocenters. The summed E-state index contributed by atoms with van der Waals surface area (Å²) >= 11 is 12.3. The minimum absolute atomic E-state index is 0.148. The van der Waals surface area contributed by atoms with Crippen LogP contribution in [0.25, 0.3) is 23.2 Å². The van der Waals surface area contributed by atoms with Crippen molar-refractivity contribution in [2.24, 2.45) is 0 Å². The van der Waals surface area contributed by atoms with E-state index in [1.165, 1.54) is 29.0 Å². The summed E-state index contributed by atoms with van der Waals surface area (Å²) in [7, 11) is 0. The van der Waals surface area contributed by atoms with Crippen LogP contribution in [0.2, 0.25) is 10.2 Å². The average molecular weight is 473 g/mol. The van der Waals surface area contributed by atoms with E-state index >= 15 is 0 Å². The number of carbonyl (C=O) groups excluding carboxylic acids is 1. The molecule has 0 spiro atoms. The Morgan fingerprint density at radius 2 is 1.84 bits per heavy atom. The first-order chi connectivity index (χ1) is 15.4. The standard InChI is InChI=1S/C22H15Cl2FN4O3/c1-13-18(21(24)29(28-13)17-8-6-16(25)7-9-17)10-11-20(30)31-12-19-26-27-22(32-19)14-2-4-15(23)5-3-14/h2-11H,12H2,1H3/b11-10+. The summed E-state index contributed by atoms with van der Waals surface area (Å²) in [4.78, 5) is 12.1. The fourth-order valence-electron chi connectivity index (χ4n) is 2.81. The van der Waals surface area contributed by atoms with Crippen LogP contribution in [0.15, 0.2) is 59.0 Å². The quantitative estimate of drug-likeness (QED) is 0.274. The summed E-state index contributed by atoms with van der Waals surface area (Å²) in [6.45, 7) is 1.55. The molecule has 7 nitrogen and oxygen atoms in total. The predicted octanol–water partition coefficient (Wildman–Crippen LogP) is 5.43. The first-order valence-corrected chi connectivity index (χ1v) is 10.1. The van der Waals surface area contributed by atoms with Crippen molar-refractivity contribution in [2.45, 2.75) is 13.5 Å². The summed E-state index contributed by atoms with van der Waals surface area (Å²) < 4.78 is 25.2. The van der Waals surface area contributed by atoms with Crippen LogP contribution in [-0.4, -0.2) is 25.9 Å². The number of ether oxygens (including phenoxy) is 1. The summed E-state index contributed by atoms with van der Waals surface area (Å²) in [6.07, 6.45) is 2.72. The molecule has 4 aromatic rings. The van der Waals surface area contributed by atoms with Gasteiger partial charge in [-0.3, -0.25) is 0 Å². The maximum atomic E-state index is 13.1. The van der Waals surface area contributed by atoms with Crippen molar-refractivity contribution in [3.63, 3.8) is 0 Å². The number of carbonyl (C=O) groups is 1. The smallest absolute Gasteiger partial charge is 0.331 e. The predicted molar refractivity (Wildman–Crippen MR) is 117 cm³/mol. The largest absolute Gasteiger partial charge is 0.452 e. The highest BCUT2D eigenvalue weighted by Crippen LogP contribution is 2.25. The lowest BCUT2D eigenvalue weighted by Crippen LogP contribution is -2.01. The van der Waals surface area contributed by atoms with Gasteiger partial charge in [-0.25, -0.2) is 13.9 Å². The van der Waals surface area contributed by atoms with Crippen molar-refractivity contribution in [3.05, 3.63) is 87.7 Å². The van der Waals surface area contributed by atoms with Crippen molar-refractivity contribution in [1.82, 2.24) is 20.0 Å². The molecule has 10 heteroatoms. The highest BCUT2D eigenvalue weighted by molar-refractivity contribution is 6.31. The van der Waals surface area contributed by atoms with E-state index in [1.807, 2.05) is 0 Å². The number of halogens is 3. The Labute approximate surface area is 192 Å². The van der Waals surface area contributed by atoms with E-state index in [9.17, 15) is 9.18 Å². The van der Waals surface area contributed by atoms with Crippen LogP contribution < -0.4 is 0 Å². The maximum absolute atomic E-state index is 13.1.